The molecule has 3 aromatic rings. The van der Waals surface area contributed by atoms with E-state index < -0.39 is 0 Å². The van der Waals surface area contributed by atoms with Crippen LogP contribution in [0.4, 0.5) is 0 Å². The highest BCUT2D eigenvalue weighted by Gasteiger charge is 2.13. The van der Waals surface area contributed by atoms with E-state index in [-0.39, 0.29) is 6.10 Å². The number of aryl methyl sites for hydroxylation is 1. The molecule has 0 aliphatic carbocycles. The average molecular weight is 395 g/mol. The van der Waals surface area contributed by atoms with Gasteiger partial charge < -0.3 is 18.6 Å². The van der Waals surface area contributed by atoms with Gasteiger partial charge in [-0.1, -0.05) is 30.3 Å². The van der Waals surface area contributed by atoms with Crippen LogP contribution in [0.25, 0.3) is 11.5 Å². The Hall–Kier alpha value is -2.63. The summed E-state index contributed by atoms with van der Waals surface area (Å²) in [6.45, 7) is 8.36. The minimum Gasteiger partial charge on any atom is -0.487 e. The molecule has 0 fully saturated rings. The zero-order valence-electron chi connectivity index (χ0n) is 17.4. The van der Waals surface area contributed by atoms with Gasteiger partial charge in [-0.15, -0.1) is 0 Å². The quantitative estimate of drug-likeness (QED) is 0.388. The zero-order valence-corrected chi connectivity index (χ0v) is 17.4. The molecule has 0 saturated carbocycles. The van der Waals surface area contributed by atoms with Crippen LogP contribution < -0.4 is 4.74 Å². The lowest BCUT2D eigenvalue weighted by Crippen LogP contribution is -2.08. The van der Waals surface area contributed by atoms with Gasteiger partial charge in [0, 0.05) is 31.8 Å². The van der Waals surface area contributed by atoms with Gasteiger partial charge in [0.1, 0.15) is 23.8 Å². The van der Waals surface area contributed by atoms with E-state index >= 15 is 0 Å². The average Bonchev–Trinajstić information content (AvgIpc) is 3.13. The first-order valence-electron chi connectivity index (χ1n) is 10.1. The topological polar surface area (TPSA) is 53.7 Å². The second-order valence-electron chi connectivity index (χ2n) is 6.68. The van der Waals surface area contributed by atoms with E-state index in [1.165, 1.54) is 0 Å². The number of benzene rings is 2. The minimum atomic E-state index is 0.0341. The van der Waals surface area contributed by atoms with Gasteiger partial charge >= 0.3 is 0 Å². The van der Waals surface area contributed by atoms with E-state index in [1.54, 1.807) is 0 Å². The van der Waals surface area contributed by atoms with Crippen molar-refractivity contribution in [3.05, 3.63) is 71.6 Å². The third-order valence-corrected chi connectivity index (χ3v) is 4.64. The van der Waals surface area contributed by atoms with Crippen LogP contribution in [0.1, 0.15) is 43.4 Å². The van der Waals surface area contributed by atoms with Gasteiger partial charge in [0.15, 0.2) is 0 Å². The Balaban J connectivity index is 1.61. The summed E-state index contributed by atoms with van der Waals surface area (Å²) in [6.07, 6.45) is 0.870. The second kappa shape index (κ2) is 10.8. The normalized spacial score (nSPS) is 12.1. The number of oxazole rings is 1. The number of rotatable bonds is 11. The molecule has 0 spiro atoms. The molecule has 3 rings (SSSR count). The molecule has 5 nitrogen and oxygen atoms in total. The highest BCUT2D eigenvalue weighted by Crippen LogP contribution is 2.25. The summed E-state index contributed by atoms with van der Waals surface area (Å²) in [5.74, 6) is 2.18. The smallest absolute Gasteiger partial charge is 0.226 e. The molecule has 0 N–H and O–H groups in total. The number of nitrogens with zero attached hydrogens (tertiary/aromatic N) is 1. The Bertz CT molecular complexity index is 858. The lowest BCUT2D eigenvalue weighted by Gasteiger charge is -2.18. The van der Waals surface area contributed by atoms with Crippen molar-refractivity contribution in [2.45, 2.75) is 39.9 Å². The Morgan fingerprint density at radius 2 is 1.72 bits per heavy atom. The molecule has 29 heavy (non-hydrogen) atoms. The van der Waals surface area contributed by atoms with Crippen molar-refractivity contribution < 1.29 is 18.6 Å². The summed E-state index contributed by atoms with van der Waals surface area (Å²) in [5.41, 5.74) is 2.89. The summed E-state index contributed by atoms with van der Waals surface area (Å²) in [7, 11) is 0. The maximum atomic E-state index is 5.93. The minimum absolute atomic E-state index is 0.0341. The van der Waals surface area contributed by atoms with Crippen molar-refractivity contribution in [2.24, 2.45) is 0 Å². The maximum Gasteiger partial charge on any atom is 0.226 e. The van der Waals surface area contributed by atoms with E-state index in [9.17, 15) is 0 Å². The van der Waals surface area contributed by atoms with E-state index in [4.69, 9.17) is 18.6 Å². The van der Waals surface area contributed by atoms with E-state index in [0.717, 1.165) is 41.4 Å². The predicted octanol–water partition coefficient (Wildman–Crippen LogP) is 5.73. The molecule has 0 radical (unpaired) electrons. The van der Waals surface area contributed by atoms with Crippen molar-refractivity contribution in [1.29, 1.82) is 0 Å². The van der Waals surface area contributed by atoms with Crippen molar-refractivity contribution in [3.8, 4) is 17.2 Å². The molecule has 0 amide bonds. The van der Waals surface area contributed by atoms with Crippen molar-refractivity contribution in [2.75, 3.05) is 19.8 Å². The lowest BCUT2D eigenvalue weighted by molar-refractivity contribution is 0.0288. The number of aromatic nitrogens is 1. The second-order valence-corrected chi connectivity index (χ2v) is 6.68. The highest BCUT2D eigenvalue weighted by atomic mass is 16.5. The molecule has 0 bridgehead atoms. The van der Waals surface area contributed by atoms with Crippen LogP contribution in [-0.2, 0) is 16.1 Å². The Kier molecular flexibility index (Phi) is 7.85. The van der Waals surface area contributed by atoms with E-state index in [1.807, 2.05) is 75.4 Å². The van der Waals surface area contributed by atoms with Gasteiger partial charge in [0.2, 0.25) is 5.89 Å². The lowest BCUT2D eigenvalue weighted by atomic mass is 10.1. The third-order valence-electron chi connectivity index (χ3n) is 4.64. The molecule has 2 aromatic carbocycles. The summed E-state index contributed by atoms with van der Waals surface area (Å²) in [4.78, 5) is 4.58. The molecule has 154 valence electrons. The fraction of sp³-hybridized carbons (Fsp3) is 0.375. The largest absolute Gasteiger partial charge is 0.487 e. The molecule has 5 heteroatoms. The molecular weight excluding hydrogens is 366 g/mol. The number of hydrogen-bond donors (Lipinski definition) is 0. The fourth-order valence-corrected chi connectivity index (χ4v) is 3.08. The Labute approximate surface area is 172 Å². The third kappa shape index (κ3) is 5.92. The van der Waals surface area contributed by atoms with Crippen LogP contribution in [0.3, 0.4) is 0 Å². The van der Waals surface area contributed by atoms with Crippen molar-refractivity contribution in [1.82, 2.24) is 4.98 Å². The Morgan fingerprint density at radius 3 is 2.41 bits per heavy atom. The molecule has 1 heterocycles. The van der Waals surface area contributed by atoms with Gasteiger partial charge in [-0.25, -0.2) is 4.98 Å². The van der Waals surface area contributed by atoms with Gasteiger partial charge in [-0.05, 0) is 50.6 Å². The first-order valence-corrected chi connectivity index (χ1v) is 10.1. The number of hydrogen-bond acceptors (Lipinski definition) is 5. The van der Waals surface area contributed by atoms with Gasteiger partial charge in [-0.2, -0.15) is 0 Å². The van der Waals surface area contributed by atoms with Crippen molar-refractivity contribution in [3.63, 3.8) is 0 Å². The first kappa shape index (κ1) is 21.1. The van der Waals surface area contributed by atoms with Gasteiger partial charge in [-0.3, -0.25) is 0 Å². The summed E-state index contributed by atoms with van der Waals surface area (Å²) in [5, 5.41) is 0. The number of ether oxygens (including phenoxy) is 3. The van der Waals surface area contributed by atoms with Crippen LogP contribution in [0, 0.1) is 6.92 Å². The standard InChI is InChI=1S/C24H29NO4/c1-4-26-16-15-23(27-5-2)19-11-13-21(14-12-19)28-17-22-18(3)29-24(25-22)20-9-7-6-8-10-20/h6-14,23H,4-5,15-17H2,1-3H3. The molecule has 0 aliphatic rings. The van der Waals surface area contributed by atoms with Gasteiger partial charge in [0.25, 0.3) is 0 Å². The molecule has 0 aliphatic heterocycles. The van der Waals surface area contributed by atoms with Crippen LogP contribution in [0.2, 0.25) is 0 Å². The van der Waals surface area contributed by atoms with Crippen LogP contribution in [-0.4, -0.2) is 24.8 Å². The first-order chi connectivity index (χ1) is 14.2. The molecule has 1 aromatic heterocycles. The SMILES string of the molecule is CCOCCC(OCC)c1ccc(OCc2nc(-c3ccccc3)oc2C)cc1. The molecule has 1 unspecified atom stereocenters. The Morgan fingerprint density at radius 1 is 0.966 bits per heavy atom. The molecular formula is C24H29NO4. The highest BCUT2D eigenvalue weighted by molar-refractivity contribution is 5.53. The van der Waals surface area contributed by atoms with Crippen LogP contribution >= 0.6 is 0 Å². The summed E-state index contributed by atoms with van der Waals surface area (Å²) in [6, 6.07) is 17.9. The fourth-order valence-electron chi connectivity index (χ4n) is 3.08. The zero-order chi connectivity index (χ0) is 20.5. The maximum absolute atomic E-state index is 5.93. The van der Waals surface area contributed by atoms with Crippen LogP contribution in [0.15, 0.2) is 59.0 Å². The molecule has 1 atom stereocenters. The van der Waals surface area contributed by atoms with Crippen molar-refractivity contribution >= 4 is 0 Å². The summed E-state index contributed by atoms with van der Waals surface area (Å²) >= 11 is 0. The predicted molar refractivity (Wildman–Crippen MR) is 113 cm³/mol. The van der Waals surface area contributed by atoms with E-state index in [0.29, 0.717) is 25.7 Å². The monoisotopic (exact) mass is 395 g/mol. The van der Waals surface area contributed by atoms with E-state index in [2.05, 4.69) is 4.98 Å². The molecule has 0 saturated heterocycles. The van der Waals surface area contributed by atoms with Gasteiger partial charge in [0.05, 0.1) is 6.10 Å². The van der Waals surface area contributed by atoms with Crippen LogP contribution in [0.5, 0.6) is 5.75 Å². The summed E-state index contributed by atoms with van der Waals surface area (Å²) < 4.78 is 23.0.